The summed E-state index contributed by atoms with van der Waals surface area (Å²) in [6, 6.07) is 0. The SMILES string of the molecule is CCC1=CC2=C(OCC(=O)N2)C2CC12. The Labute approximate surface area is 82.8 Å². The van der Waals surface area contributed by atoms with Gasteiger partial charge < -0.3 is 10.1 Å². The second-order valence-corrected chi connectivity index (χ2v) is 4.14. The molecule has 3 rings (SSSR count). The highest BCUT2D eigenvalue weighted by Crippen LogP contribution is 2.53. The molecule has 0 aromatic rings. The van der Waals surface area contributed by atoms with E-state index in [4.69, 9.17) is 4.74 Å². The van der Waals surface area contributed by atoms with Gasteiger partial charge in [-0.1, -0.05) is 12.5 Å². The van der Waals surface area contributed by atoms with E-state index in [1.165, 1.54) is 12.0 Å². The lowest BCUT2D eigenvalue weighted by Gasteiger charge is -2.24. The van der Waals surface area contributed by atoms with Gasteiger partial charge in [0, 0.05) is 5.92 Å². The van der Waals surface area contributed by atoms with Crippen molar-refractivity contribution in [3.05, 3.63) is 23.1 Å². The number of carbonyl (C=O) groups is 1. The van der Waals surface area contributed by atoms with Crippen molar-refractivity contribution in [1.82, 2.24) is 5.32 Å². The number of rotatable bonds is 1. The van der Waals surface area contributed by atoms with Crippen LogP contribution in [0.5, 0.6) is 0 Å². The highest BCUT2D eigenvalue weighted by atomic mass is 16.5. The molecule has 1 fully saturated rings. The van der Waals surface area contributed by atoms with Crippen LogP contribution in [0, 0.1) is 11.8 Å². The molecule has 2 unspecified atom stereocenters. The minimum Gasteiger partial charge on any atom is -0.486 e. The summed E-state index contributed by atoms with van der Waals surface area (Å²) in [7, 11) is 0. The zero-order valence-electron chi connectivity index (χ0n) is 8.17. The zero-order valence-corrected chi connectivity index (χ0v) is 8.17. The smallest absolute Gasteiger partial charge is 0.262 e. The Hall–Kier alpha value is -1.25. The number of fused-ring (bicyclic) bond motifs is 2. The predicted molar refractivity (Wildman–Crippen MR) is 51.1 cm³/mol. The van der Waals surface area contributed by atoms with Crippen LogP contribution < -0.4 is 5.32 Å². The van der Waals surface area contributed by atoms with Crippen molar-refractivity contribution in [2.45, 2.75) is 19.8 Å². The van der Waals surface area contributed by atoms with Crippen LogP contribution in [-0.2, 0) is 9.53 Å². The summed E-state index contributed by atoms with van der Waals surface area (Å²) >= 11 is 0. The van der Waals surface area contributed by atoms with E-state index in [-0.39, 0.29) is 12.5 Å². The topological polar surface area (TPSA) is 38.3 Å². The van der Waals surface area contributed by atoms with Crippen LogP contribution in [0.2, 0.25) is 0 Å². The second-order valence-electron chi connectivity index (χ2n) is 4.14. The molecule has 1 aliphatic heterocycles. The molecule has 0 aromatic heterocycles. The molecule has 2 aliphatic carbocycles. The fourth-order valence-electron chi connectivity index (χ4n) is 2.43. The molecule has 3 aliphatic rings. The maximum absolute atomic E-state index is 11.1. The van der Waals surface area contributed by atoms with E-state index in [0.717, 1.165) is 17.9 Å². The molecule has 1 N–H and O–H groups in total. The van der Waals surface area contributed by atoms with E-state index in [9.17, 15) is 4.79 Å². The van der Waals surface area contributed by atoms with Crippen LogP contribution in [-0.4, -0.2) is 12.5 Å². The third-order valence-electron chi connectivity index (χ3n) is 3.24. The van der Waals surface area contributed by atoms with E-state index in [1.807, 2.05) is 0 Å². The molecule has 0 saturated heterocycles. The lowest BCUT2D eigenvalue weighted by molar-refractivity contribution is -0.125. The van der Waals surface area contributed by atoms with Gasteiger partial charge in [-0.05, 0) is 24.8 Å². The molecule has 74 valence electrons. The second kappa shape index (κ2) is 2.62. The molecule has 14 heavy (non-hydrogen) atoms. The van der Waals surface area contributed by atoms with E-state index < -0.39 is 0 Å². The number of ether oxygens (including phenoxy) is 1. The molecule has 1 heterocycles. The Morgan fingerprint density at radius 1 is 1.57 bits per heavy atom. The van der Waals surface area contributed by atoms with Crippen molar-refractivity contribution in [2.24, 2.45) is 11.8 Å². The fraction of sp³-hybridized carbons (Fsp3) is 0.545. The third-order valence-corrected chi connectivity index (χ3v) is 3.24. The molecular formula is C11H13NO2. The maximum atomic E-state index is 11.1. The minimum atomic E-state index is -0.0328. The van der Waals surface area contributed by atoms with Gasteiger partial charge in [0.15, 0.2) is 6.61 Å². The van der Waals surface area contributed by atoms with E-state index in [0.29, 0.717) is 11.8 Å². The number of carbonyl (C=O) groups excluding carboxylic acids is 1. The van der Waals surface area contributed by atoms with Crippen molar-refractivity contribution in [3.63, 3.8) is 0 Å². The first kappa shape index (κ1) is 8.09. The highest BCUT2D eigenvalue weighted by Gasteiger charge is 2.47. The lowest BCUT2D eigenvalue weighted by Crippen LogP contribution is -2.34. The summed E-state index contributed by atoms with van der Waals surface area (Å²) in [4.78, 5) is 11.1. The third kappa shape index (κ3) is 1.01. The van der Waals surface area contributed by atoms with Gasteiger partial charge in [0.25, 0.3) is 5.91 Å². The Balaban J connectivity index is 1.98. The summed E-state index contributed by atoms with van der Waals surface area (Å²) in [5.41, 5.74) is 2.37. The molecule has 0 bridgehead atoms. The molecule has 1 amide bonds. The molecule has 3 nitrogen and oxygen atoms in total. The Kier molecular flexibility index (Phi) is 1.52. The van der Waals surface area contributed by atoms with Crippen LogP contribution in [0.25, 0.3) is 0 Å². The predicted octanol–water partition coefficient (Wildman–Crippen LogP) is 1.33. The molecule has 2 atom stereocenters. The Morgan fingerprint density at radius 3 is 3.21 bits per heavy atom. The number of amides is 1. The Bertz CT molecular complexity index is 367. The average Bonchev–Trinajstić information content (AvgIpc) is 2.95. The van der Waals surface area contributed by atoms with E-state index in [2.05, 4.69) is 18.3 Å². The van der Waals surface area contributed by atoms with Crippen molar-refractivity contribution in [3.8, 4) is 0 Å². The van der Waals surface area contributed by atoms with Gasteiger partial charge >= 0.3 is 0 Å². The first-order chi connectivity index (χ1) is 6.79. The first-order valence-electron chi connectivity index (χ1n) is 5.17. The van der Waals surface area contributed by atoms with Crippen LogP contribution in [0.1, 0.15) is 19.8 Å². The van der Waals surface area contributed by atoms with Gasteiger partial charge in [-0.2, -0.15) is 0 Å². The maximum Gasteiger partial charge on any atom is 0.262 e. The number of nitrogens with one attached hydrogen (secondary N) is 1. The molecule has 3 heteroatoms. The average molecular weight is 191 g/mol. The van der Waals surface area contributed by atoms with E-state index in [1.54, 1.807) is 0 Å². The number of hydrogen-bond acceptors (Lipinski definition) is 2. The first-order valence-corrected chi connectivity index (χ1v) is 5.17. The standard InChI is InChI=1S/C11H13NO2/c1-2-6-3-9-11(8-4-7(6)8)14-5-10(13)12-9/h3,7-8H,2,4-5H2,1H3,(H,12,13). The number of allylic oxidation sites excluding steroid dienone is 3. The summed E-state index contributed by atoms with van der Waals surface area (Å²) in [5.74, 6) is 2.25. The zero-order chi connectivity index (χ0) is 9.71. The lowest BCUT2D eigenvalue weighted by atomic mass is 9.99. The summed E-state index contributed by atoms with van der Waals surface area (Å²) in [5, 5.41) is 2.88. The molecular weight excluding hydrogens is 178 g/mol. The van der Waals surface area contributed by atoms with E-state index >= 15 is 0 Å². The van der Waals surface area contributed by atoms with Gasteiger partial charge in [0.2, 0.25) is 0 Å². The molecule has 0 aromatic carbocycles. The van der Waals surface area contributed by atoms with Crippen molar-refractivity contribution in [1.29, 1.82) is 0 Å². The van der Waals surface area contributed by atoms with Crippen molar-refractivity contribution in [2.75, 3.05) is 6.61 Å². The van der Waals surface area contributed by atoms with Gasteiger partial charge in [0.05, 0.1) is 5.70 Å². The van der Waals surface area contributed by atoms with Crippen LogP contribution in [0.4, 0.5) is 0 Å². The van der Waals surface area contributed by atoms with Gasteiger partial charge in [-0.25, -0.2) is 0 Å². The molecule has 1 saturated carbocycles. The monoisotopic (exact) mass is 191 g/mol. The van der Waals surface area contributed by atoms with Crippen LogP contribution >= 0.6 is 0 Å². The summed E-state index contributed by atoms with van der Waals surface area (Å²) in [6.45, 7) is 2.36. The Morgan fingerprint density at radius 2 is 2.43 bits per heavy atom. The highest BCUT2D eigenvalue weighted by molar-refractivity contribution is 5.81. The van der Waals surface area contributed by atoms with Gasteiger partial charge in [-0.3, -0.25) is 4.79 Å². The van der Waals surface area contributed by atoms with Crippen molar-refractivity contribution >= 4 is 5.91 Å². The fourth-order valence-corrected chi connectivity index (χ4v) is 2.43. The van der Waals surface area contributed by atoms with Crippen LogP contribution in [0.3, 0.4) is 0 Å². The quantitative estimate of drug-likeness (QED) is 0.679. The van der Waals surface area contributed by atoms with Gasteiger partial charge in [-0.15, -0.1) is 0 Å². The molecule has 0 radical (unpaired) electrons. The normalized spacial score (nSPS) is 33.8. The largest absolute Gasteiger partial charge is 0.486 e. The molecule has 0 spiro atoms. The summed E-state index contributed by atoms with van der Waals surface area (Å²) in [6.07, 6.45) is 4.38. The van der Waals surface area contributed by atoms with Crippen LogP contribution in [0.15, 0.2) is 23.1 Å². The summed E-state index contributed by atoms with van der Waals surface area (Å²) < 4.78 is 5.46. The number of hydrogen-bond donors (Lipinski definition) is 1. The van der Waals surface area contributed by atoms with Gasteiger partial charge in [0.1, 0.15) is 5.76 Å². The minimum absolute atomic E-state index is 0.0328. The van der Waals surface area contributed by atoms with Crippen molar-refractivity contribution < 1.29 is 9.53 Å².